The van der Waals surface area contributed by atoms with Crippen molar-refractivity contribution in [3.05, 3.63) is 65.9 Å². The van der Waals surface area contributed by atoms with Gasteiger partial charge in [-0.05, 0) is 56.7 Å². The molecule has 40 heavy (non-hydrogen) atoms. The van der Waals surface area contributed by atoms with Crippen LogP contribution in [0.2, 0.25) is 0 Å². The molecule has 0 N–H and O–H groups in total. The average Bonchev–Trinajstić information content (AvgIpc) is 3.54. The first-order valence-electron chi connectivity index (χ1n) is 15.4. The van der Waals surface area contributed by atoms with Crippen LogP contribution >= 0.6 is 0 Å². The van der Waals surface area contributed by atoms with Crippen LogP contribution in [0.1, 0.15) is 96.8 Å². The van der Waals surface area contributed by atoms with Gasteiger partial charge in [0.25, 0.3) is 0 Å². The predicted octanol–water partition coefficient (Wildman–Crippen LogP) is 8.98. The Morgan fingerprint density at radius 2 is 1.90 bits per heavy atom. The van der Waals surface area contributed by atoms with E-state index >= 15 is 0 Å². The van der Waals surface area contributed by atoms with Crippen molar-refractivity contribution in [3.63, 3.8) is 0 Å². The Labute approximate surface area is 240 Å². The molecule has 5 rings (SSSR count). The van der Waals surface area contributed by atoms with E-state index in [1.165, 1.54) is 35.7 Å². The molecule has 0 fully saturated rings. The molecule has 5 nitrogen and oxygen atoms in total. The minimum atomic E-state index is 0.131. The van der Waals surface area contributed by atoms with Gasteiger partial charge in [-0.2, -0.15) is 0 Å². The number of ketones is 1. The fourth-order valence-electron chi connectivity index (χ4n) is 6.34. The zero-order chi connectivity index (χ0) is 28.8. The van der Waals surface area contributed by atoms with Crippen molar-refractivity contribution in [2.24, 2.45) is 17.8 Å². The van der Waals surface area contributed by atoms with Gasteiger partial charge >= 0.3 is 0 Å². The molecule has 0 radical (unpaired) electrons. The van der Waals surface area contributed by atoms with Crippen molar-refractivity contribution < 1.29 is 4.79 Å². The van der Waals surface area contributed by atoms with Crippen LogP contribution in [-0.2, 0) is 17.8 Å². The lowest BCUT2D eigenvalue weighted by molar-refractivity contribution is -0.126. The van der Waals surface area contributed by atoms with E-state index in [2.05, 4.69) is 84.2 Å². The smallest absolute Gasteiger partial charge is 0.140 e. The van der Waals surface area contributed by atoms with Crippen molar-refractivity contribution in [1.82, 2.24) is 19.1 Å². The fraction of sp³-hybridized carbons (Fsp3) is 0.514. The number of hydrogen-bond donors (Lipinski definition) is 0. The molecule has 0 bridgehead atoms. The van der Waals surface area contributed by atoms with E-state index < -0.39 is 0 Å². The summed E-state index contributed by atoms with van der Waals surface area (Å²) in [5.41, 5.74) is 5.97. The average molecular weight is 541 g/mol. The molecule has 5 heteroatoms. The van der Waals surface area contributed by atoms with Gasteiger partial charge in [0.2, 0.25) is 0 Å². The van der Waals surface area contributed by atoms with Crippen molar-refractivity contribution in [1.29, 1.82) is 0 Å². The maximum atomic E-state index is 12.1. The summed E-state index contributed by atoms with van der Waals surface area (Å²) in [6.07, 6.45) is 15.4. The van der Waals surface area contributed by atoms with E-state index in [9.17, 15) is 4.79 Å². The Morgan fingerprint density at radius 3 is 2.60 bits per heavy atom. The molecule has 4 heterocycles. The Kier molecular flexibility index (Phi) is 9.99. The zero-order valence-corrected chi connectivity index (χ0v) is 25.7. The van der Waals surface area contributed by atoms with E-state index in [1.807, 2.05) is 38.2 Å². The molecule has 3 aromatic heterocycles. The number of aryl methyl sites for hydroxylation is 2. The second-order valence-corrected chi connectivity index (χ2v) is 11.8. The van der Waals surface area contributed by atoms with Gasteiger partial charge in [-0.15, -0.1) is 0 Å². The van der Waals surface area contributed by atoms with Crippen LogP contribution in [0.4, 0.5) is 0 Å². The Hall–Kier alpha value is -3.21. The van der Waals surface area contributed by atoms with Gasteiger partial charge < -0.3 is 9.13 Å². The molecule has 0 spiro atoms. The molecule has 0 saturated carbocycles. The molecule has 1 aliphatic heterocycles. The van der Waals surface area contributed by atoms with E-state index in [1.54, 1.807) is 0 Å². The van der Waals surface area contributed by atoms with Crippen LogP contribution in [0.15, 0.2) is 48.8 Å². The number of rotatable bonds is 9. The van der Waals surface area contributed by atoms with Crippen LogP contribution in [0.3, 0.4) is 0 Å². The Morgan fingerprint density at radius 1 is 1.12 bits per heavy atom. The summed E-state index contributed by atoms with van der Waals surface area (Å²) in [6, 6.07) is 11.0. The maximum absolute atomic E-state index is 12.1. The molecule has 0 saturated heterocycles. The summed E-state index contributed by atoms with van der Waals surface area (Å²) in [7, 11) is 0. The number of aromatic nitrogens is 4. The molecular weight excluding hydrogens is 492 g/mol. The van der Waals surface area contributed by atoms with Gasteiger partial charge in [0.05, 0.1) is 16.6 Å². The number of carbonyl (C=O) groups excluding carboxylic acids is 1. The van der Waals surface area contributed by atoms with Gasteiger partial charge in [0.15, 0.2) is 0 Å². The zero-order valence-electron chi connectivity index (χ0n) is 25.7. The molecule has 1 aliphatic rings. The number of allylic oxidation sites excluding steroid dienone is 1. The number of Topliss-reactive ketones (excluding diaryl/α,β-unsaturated/α-hetero) is 1. The summed E-state index contributed by atoms with van der Waals surface area (Å²) >= 11 is 0. The second kappa shape index (κ2) is 13.4. The standard InChI is InChI=1S/C20H30N2.C15H18N2O/c1-6-9-11-18-16(5)21-14-17-12-13-22(20(17)18)19(8-3)15(4)10-7-2;1-10(2)15(18)11-7-8-14-16-12-5-3-4-6-13(12)17(14)9-11/h9,11-15,19H,6-8,10H2,1-5H3;3-6,10-11H,7-9H2,1-2H3/b11-9-;. The molecule has 1 aromatic carbocycles. The van der Waals surface area contributed by atoms with E-state index in [4.69, 9.17) is 0 Å². The van der Waals surface area contributed by atoms with Crippen LogP contribution in [0, 0.1) is 24.7 Å². The maximum Gasteiger partial charge on any atom is 0.140 e. The van der Waals surface area contributed by atoms with Crippen molar-refractivity contribution in [2.75, 3.05) is 0 Å². The Bertz CT molecular complexity index is 1460. The molecule has 214 valence electrons. The first kappa shape index (κ1) is 29.8. The number of benzene rings is 1. The molecular formula is C35H48N4O. The van der Waals surface area contributed by atoms with Crippen molar-refractivity contribution in [3.8, 4) is 0 Å². The Balaban J connectivity index is 0.000000188. The minimum Gasteiger partial charge on any atom is -0.344 e. The lowest BCUT2D eigenvalue weighted by Gasteiger charge is -2.26. The van der Waals surface area contributed by atoms with E-state index in [0.717, 1.165) is 48.4 Å². The number of nitrogens with zero attached hydrogens (tertiary/aromatic N) is 4. The number of para-hydroxylation sites is 2. The highest BCUT2D eigenvalue weighted by Crippen LogP contribution is 2.33. The molecule has 4 aromatic rings. The highest BCUT2D eigenvalue weighted by molar-refractivity contribution is 5.89. The lowest BCUT2D eigenvalue weighted by atomic mass is 9.89. The first-order valence-corrected chi connectivity index (χ1v) is 15.4. The third-order valence-corrected chi connectivity index (χ3v) is 8.51. The molecule has 3 atom stereocenters. The van der Waals surface area contributed by atoms with Gasteiger partial charge in [-0.3, -0.25) is 9.78 Å². The normalized spacial score (nSPS) is 16.8. The third-order valence-electron chi connectivity index (χ3n) is 8.51. The minimum absolute atomic E-state index is 0.131. The topological polar surface area (TPSA) is 52.7 Å². The summed E-state index contributed by atoms with van der Waals surface area (Å²) in [5.74, 6) is 2.51. The number of hydrogen-bond acceptors (Lipinski definition) is 3. The summed E-state index contributed by atoms with van der Waals surface area (Å²) < 4.78 is 4.73. The van der Waals surface area contributed by atoms with Gasteiger partial charge in [0, 0.05) is 59.9 Å². The lowest BCUT2D eigenvalue weighted by Crippen LogP contribution is -2.29. The number of fused-ring (bicyclic) bond motifs is 4. The molecule has 3 unspecified atom stereocenters. The molecule has 0 aliphatic carbocycles. The van der Waals surface area contributed by atoms with E-state index in [0.29, 0.717) is 17.7 Å². The van der Waals surface area contributed by atoms with Crippen LogP contribution < -0.4 is 0 Å². The van der Waals surface area contributed by atoms with Crippen LogP contribution in [0.5, 0.6) is 0 Å². The fourth-order valence-corrected chi connectivity index (χ4v) is 6.34. The number of imidazole rings is 1. The largest absolute Gasteiger partial charge is 0.344 e. The summed E-state index contributed by atoms with van der Waals surface area (Å²) in [5, 5.41) is 1.25. The SMILES string of the molecule is CC(C)C(=O)C1CCc2nc3ccccc3n2C1.CC/C=C\c1c(C)ncc2ccn(C(CC)C(C)CCC)c12. The highest BCUT2D eigenvalue weighted by atomic mass is 16.1. The number of carbonyl (C=O) groups is 1. The number of pyridine rings is 1. The molecule has 0 amide bonds. The van der Waals surface area contributed by atoms with Gasteiger partial charge in [-0.25, -0.2) is 4.98 Å². The van der Waals surface area contributed by atoms with Gasteiger partial charge in [-0.1, -0.05) is 72.2 Å². The third kappa shape index (κ3) is 6.24. The predicted molar refractivity (Wildman–Crippen MR) is 169 cm³/mol. The quantitative estimate of drug-likeness (QED) is 0.213. The highest BCUT2D eigenvalue weighted by Gasteiger charge is 2.28. The van der Waals surface area contributed by atoms with Crippen molar-refractivity contribution in [2.45, 2.75) is 99.6 Å². The van der Waals surface area contributed by atoms with Crippen LogP contribution in [-0.4, -0.2) is 24.9 Å². The summed E-state index contributed by atoms with van der Waals surface area (Å²) in [6.45, 7) is 16.0. The van der Waals surface area contributed by atoms with Crippen molar-refractivity contribution >= 4 is 33.8 Å². The van der Waals surface area contributed by atoms with E-state index in [-0.39, 0.29) is 11.8 Å². The van der Waals surface area contributed by atoms with Gasteiger partial charge in [0.1, 0.15) is 11.6 Å². The monoisotopic (exact) mass is 540 g/mol. The second-order valence-electron chi connectivity index (χ2n) is 11.8. The van der Waals surface area contributed by atoms with Crippen LogP contribution in [0.25, 0.3) is 28.0 Å². The first-order chi connectivity index (χ1) is 19.3. The summed E-state index contributed by atoms with van der Waals surface area (Å²) in [4.78, 5) is 21.4.